The van der Waals surface area contributed by atoms with Crippen LogP contribution in [0, 0.1) is 0 Å². The predicted octanol–water partition coefficient (Wildman–Crippen LogP) is 3.71. The average molecular weight is 389 g/mol. The molecule has 0 aromatic carbocycles. The maximum absolute atomic E-state index is 13.0. The first-order valence-electron chi connectivity index (χ1n) is 9.16. The topological polar surface area (TPSA) is 95.9 Å². The number of pyridine rings is 2. The van der Waals surface area contributed by atoms with Gasteiger partial charge in [-0.25, -0.2) is 19.9 Å². The maximum atomic E-state index is 13.0. The van der Waals surface area contributed by atoms with Crippen molar-refractivity contribution in [1.82, 2.24) is 24.8 Å². The smallest absolute Gasteiger partial charge is 0.261 e. The van der Waals surface area contributed by atoms with Crippen LogP contribution in [0.15, 0.2) is 61.5 Å². The van der Waals surface area contributed by atoms with Crippen molar-refractivity contribution in [2.45, 2.75) is 13.3 Å². The minimum absolute atomic E-state index is 0.163. The quantitative estimate of drug-likeness (QED) is 0.636. The molecule has 3 aromatic heterocycles. The number of allylic oxidation sites excluding steroid dienone is 1. The highest BCUT2D eigenvalue weighted by Crippen LogP contribution is 2.26. The normalized spacial score (nSPS) is 10.3. The number of anilines is 3. The summed E-state index contributed by atoms with van der Waals surface area (Å²) in [4.78, 5) is 31.3. The maximum Gasteiger partial charge on any atom is 0.261 e. The van der Waals surface area contributed by atoms with E-state index in [2.05, 4.69) is 37.1 Å². The number of aromatic nitrogens is 4. The summed E-state index contributed by atoms with van der Waals surface area (Å²) < 4.78 is 0. The first-order valence-corrected chi connectivity index (χ1v) is 9.16. The second-order valence-corrected chi connectivity index (χ2v) is 6.30. The van der Waals surface area contributed by atoms with Gasteiger partial charge in [0.05, 0.1) is 5.56 Å². The Bertz CT molecular complexity index is 1020. The molecule has 0 unspecified atom stereocenters. The number of carbonyl (C=O) groups excluding carboxylic acids is 1. The molecule has 0 bridgehead atoms. The first-order chi connectivity index (χ1) is 14.0. The molecule has 148 valence electrons. The Balaban J connectivity index is 1.94. The van der Waals surface area contributed by atoms with Crippen molar-refractivity contribution in [1.29, 1.82) is 0 Å². The van der Waals surface area contributed by atoms with E-state index >= 15 is 0 Å². The Morgan fingerprint density at radius 2 is 1.93 bits per heavy atom. The van der Waals surface area contributed by atoms with E-state index < -0.39 is 0 Å². The van der Waals surface area contributed by atoms with Gasteiger partial charge >= 0.3 is 0 Å². The standard InChI is InChI=1S/C21H23N7O/c1-5-14(2)28(4)21(29)17-10-16(12-25-20(17)22-3)15-6-9-24-19(11-15)27-18-7-8-23-13-26-18/h6-13H,2,5H2,1,3-4H3,(H,22,25)(H,23,24,26,27). The third-order valence-corrected chi connectivity index (χ3v) is 4.47. The van der Waals surface area contributed by atoms with Gasteiger partial charge in [0.1, 0.15) is 23.8 Å². The van der Waals surface area contributed by atoms with E-state index in [1.807, 2.05) is 25.1 Å². The van der Waals surface area contributed by atoms with Crippen LogP contribution in [-0.2, 0) is 0 Å². The van der Waals surface area contributed by atoms with Crippen LogP contribution in [0.1, 0.15) is 23.7 Å². The molecule has 8 heteroatoms. The van der Waals surface area contributed by atoms with Gasteiger partial charge in [-0.1, -0.05) is 13.5 Å². The molecule has 3 heterocycles. The van der Waals surface area contributed by atoms with Gasteiger partial charge in [0.2, 0.25) is 0 Å². The van der Waals surface area contributed by atoms with Crippen LogP contribution in [0.3, 0.4) is 0 Å². The third-order valence-electron chi connectivity index (χ3n) is 4.47. The van der Waals surface area contributed by atoms with Crippen molar-refractivity contribution < 1.29 is 4.79 Å². The van der Waals surface area contributed by atoms with E-state index in [-0.39, 0.29) is 5.91 Å². The summed E-state index contributed by atoms with van der Waals surface area (Å²) in [6, 6.07) is 7.32. The molecule has 0 atom stereocenters. The summed E-state index contributed by atoms with van der Waals surface area (Å²) in [5, 5.41) is 6.12. The Labute approximate surface area is 169 Å². The number of nitrogens with zero attached hydrogens (tertiary/aromatic N) is 5. The summed E-state index contributed by atoms with van der Waals surface area (Å²) >= 11 is 0. The van der Waals surface area contributed by atoms with Crippen LogP contribution in [0.2, 0.25) is 0 Å². The molecule has 3 rings (SSSR count). The highest BCUT2D eigenvalue weighted by molar-refractivity contribution is 6.00. The van der Waals surface area contributed by atoms with Crippen molar-refractivity contribution in [3.05, 3.63) is 67.0 Å². The van der Waals surface area contributed by atoms with E-state index in [9.17, 15) is 4.79 Å². The van der Waals surface area contributed by atoms with E-state index in [1.54, 1.807) is 43.7 Å². The minimum Gasteiger partial charge on any atom is -0.372 e. The molecule has 0 radical (unpaired) electrons. The number of hydrogen-bond acceptors (Lipinski definition) is 7. The zero-order chi connectivity index (χ0) is 20.8. The summed E-state index contributed by atoms with van der Waals surface area (Å²) in [5.74, 6) is 1.62. The zero-order valence-electron chi connectivity index (χ0n) is 16.7. The molecule has 0 spiro atoms. The van der Waals surface area contributed by atoms with E-state index in [4.69, 9.17) is 0 Å². The van der Waals surface area contributed by atoms with E-state index in [0.29, 0.717) is 29.4 Å². The number of amides is 1. The van der Waals surface area contributed by atoms with E-state index in [0.717, 1.165) is 16.8 Å². The lowest BCUT2D eigenvalue weighted by molar-refractivity contribution is 0.0834. The van der Waals surface area contributed by atoms with Crippen LogP contribution >= 0.6 is 0 Å². The zero-order valence-corrected chi connectivity index (χ0v) is 16.7. The molecule has 0 saturated heterocycles. The second-order valence-electron chi connectivity index (χ2n) is 6.30. The molecular weight excluding hydrogens is 366 g/mol. The van der Waals surface area contributed by atoms with Gasteiger partial charge in [0.15, 0.2) is 0 Å². The van der Waals surface area contributed by atoms with Crippen LogP contribution in [-0.4, -0.2) is 44.8 Å². The molecule has 0 saturated carbocycles. The lowest BCUT2D eigenvalue weighted by Gasteiger charge is -2.20. The van der Waals surface area contributed by atoms with E-state index in [1.165, 1.54) is 6.33 Å². The van der Waals surface area contributed by atoms with Crippen LogP contribution in [0.5, 0.6) is 0 Å². The summed E-state index contributed by atoms with van der Waals surface area (Å²) in [5.41, 5.74) is 2.89. The number of rotatable bonds is 7. The predicted molar refractivity (Wildman–Crippen MR) is 114 cm³/mol. The fraction of sp³-hybridized carbons (Fsp3) is 0.190. The minimum atomic E-state index is -0.163. The highest BCUT2D eigenvalue weighted by atomic mass is 16.2. The lowest BCUT2D eigenvalue weighted by atomic mass is 10.1. The summed E-state index contributed by atoms with van der Waals surface area (Å²) in [7, 11) is 3.46. The third kappa shape index (κ3) is 4.55. The molecule has 1 amide bonds. The van der Waals surface area contributed by atoms with Gasteiger partial charge in [-0.2, -0.15) is 0 Å². The lowest BCUT2D eigenvalue weighted by Crippen LogP contribution is -2.26. The van der Waals surface area contributed by atoms with Crippen LogP contribution in [0.4, 0.5) is 17.5 Å². The van der Waals surface area contributed by atoms with Gasteiger partial charge in [-0.15, -0.1) is 0 Å². The monoisotopic (exact) mass is 389 g/mol. The molecule has 29 heavy (non-hydrogen) atoms. The Morgan fingerprint density at radius 1 is 1.10 bits per heavy atom. The molecule has 2 N–H and O–H groups in total. The van der Waals surface area contributed by atoms with Crippen molar-refractivity contribution in [3.8, 4) is 11.1 Å². The van der Waals surface area contributed by atoms with Crippen molar-refractivity contribution >= 4 is 23.4 Å². The van der Waals surface area contributed by atoms with Gasteiger partial charge in [0.25, 0.3) is 5.91 Å². The number of hydrogen-bond donors (Lipinski definition) is 2. The van der Waals surface area contributed by atoms with Gasteiger partial charge in [0, 0.05) is 43.9 Å². The molecule has 0 aliphatic heterocycles. The van der Waals surface area contributed by atoms with Crippen molar-refractivity contribution in [2.75, 3.05) is 24.7 Å². The van der Waals surface area contributed by atoms with Gasteiger partial charge in [-0.05, 0) is 36.2 Å². The molecule has 0 aliphatic rings. The molecule has 8 nitrogen and oxygen atoms in total. The fourth-order valence-electron chi connectivity index (χ4n) is 2.72. The Kier molecular flexibility index (Phi) is 6.13. The number of carbonyl (C=O) groups is 1. The molecular formula is C21H23N7O. The van der Waals surface area contributed by atoms with Gasteiger partial charge < -0.3 is 15.5 Å². The number of nitrogens with one attached hydrogen (secondary N) is 2. The summed E-state index contributed by atoms with van der Waals surface area (Å²) in [6.45, 7) is 5.91. The second kappa shape index (κ2) is 8.92. The largest absolute Gasteiger partial charge is 0.372 e. The highest BCUT2D eigenvalue weighted by Gasteiger charge is 2.19. The first kappa shape index (κ1) is 19.9. The average Bonchev–Trinajstić information content (AvgIpc) is 2.78. The fourth-order valence-corrected chi connectivity index (χ4v) is 2.72. The Hall–Kier alpha value is -3.81. The van der Waals surface area contributed by atoms with Gasteiger partial charge in [-0.3, -0.25) is 4.79 Å². The summed E-state index contributed by atoms with van der Waals surface area (Å²) in [6.07, 6.45) is 7.22. The molecule has 3 aromatic rings. The van der Waals surface area contributed by atoms with Crippen LogP contribution in [0.25, 0.3) is 11.1 Å². The van der Waals surface area contributed by atoms with Crippen molar-refractivity contribution in [2.24, 2.45) is 0 Å². The Morgan fingerprint density at radius 3 is 2.62 bits per heavy atom. The molecule has 0 aliphatic carbocycles. The van der Waals surface area contributed by atoms with Crippen molar-refractivity contribution in [3.63, 3.8) is 0 Å². The molecule has 0 fully saturated rings. The van der Waals surface area contributed by atoms with Crippen LogP contribution < -0.4 is 10.6 Å². The SMILES string of the molecule is C=C(CC)N(C)C(=O)c1cc(-c2ccnc(Nc3ccncn3)c2)cnc1NC.